The van der Waals surface area contributed by atoms with E-state index >= 15 is 0 Å². The van der Waals surface area contributed by atoms with Crippen LogP contribution in [-0.2, 0) is 5.41 Å². The lowest BCUT2D eigenvalue weighted by Gasteiger charge is -2.18. The van der Waals surface area contributed by atoms with E-state index in [1.807, 2.05) is 6.07 Å². The van der Waals surface area contributed by atoms with E-state index in [0.29, 0.717) is 6.54 Å². The Labute approximate surface area is 158 Å². The van der Waals surface area contributed by atoms with E-state index < -0.39 is 0 Å². The first kappa shape index (κ1) is 20.7. The fourth-order valence-electron chi connectivity index (χ4n) is 3.29. The summed E-state index contributed by atoms with van der Waals surface area (Å²) in [7, 11) is 0. The molecule has 0 bridgehead atoms. The minimum Gasteiger partial charge on any atom is -0.357 e. The van der Waals surface area contributed by atoms with Crippen molar-refractivity contribution in [1.82, 2.24) is 15.5 Å². The molecule has 1 aromatic rings. The molecule has 0 atom stereocenters. The number of unbranched alkanes of at least 4 members (excludes halogenated alkanes) is 1. The van der Waals surface area contributed by atoms with E-state index in [2.05, 4.69) is 36.3 Å². The maximum atomic E-state index is 13.5. The van der Waals surface area contributed by atoms with E-state index in [1.54, 1.807) is 12.1 Å². The molecule has 0 unspecified atom stereocenters. The van der Waals surface area contributed by atoms with Crippen LogP contribution in [0.4, 0.5) is 4.39 Å². The Balaban J connectivity index is 1.81. The maximum absolute atomic E-state index is 13.5. The molecule has 146 valence electrons. The molecule has 5 heteroatoms. The average Bonchev–Trinajstić information content (AvgIpc) is 3.44. The third-order valence-electron chi connectivity index (χ3n) is 5.26. The van der Waals surface area contributed by atoms with Crippen molar-refractivity contribution in [3.63, 3.8) is 0 Å². The molecule has 1 saturated carbocycles. The molecule has 0 spiro atoms. The van der Waals surface area contributed by atoms with Gasteiger partial charge in [0.25, 0.3) is 0 Å². The van der Waals surface area contributed by atoms with E-state index in [0.717, 1.165) is 63.5 Å². The second kappa shape index (κ2) is 10.5. The zero-order chi connectivity index (χ0) is 18.8. The second-order valence-electron chi connectivity index (χ2n) is 7.15. The van der Waals surface area contributed by atoms with E-state index in [1.165, 1.54) is 12.5 Å². The molecule has 26 heavy (non-hydrogen) atoms. The van der Waals surface area contributed by atoms with Gasteiger partial charge in [0.1, 0.15) is 5.82 Å². The lowest BCUT2D eigenvalue weighted by Crippen LogP contribution is -2.38. The fourth-order valence-corrected chi connectivity index (χ4v) is 3.29. The second-order valence-corrected chi connectivity index (χ2v) is 7.15. The summed E-state index contributed by atoms with van der Waals surface area (Å²) in [4.78, 5) is 7.23. The molecule has 1 aromatic carbocycles. The summed E-state index contributed by atoms with van der Waals surface area (Å²) in [5, 5.41) is 6.76. The highest BCUT2D eigenvalue weighted by Gasteiger charge is 2.44. The van der Waals surface area contributed by atoms with Crippen LogP contribution in [0, 0.1) is 5.82 Å². The van der Waals surface area contributed by atoms with E-state index in [4.69, 9.17) is 4.99 Å². The first-order valence-corrected chi connectivity index (χ1v) is 10.1. The molecule has 0 saturated heterocycles. The minimum absolute atomic E-state index is 0.0349. The van der Waals surface area contributed by atoms with Crippen LogP contribution in [0.3, 0.4) is 0 Å². The molecular weight excluding hydrogens is 327 g/mol. The summed E-state index contributed by atoms with van der Waals surface area (Å²) in [6.07, 6.45) is 4.50. The van der Waals surface area contributed by atoms with Gasteiger partial charge in [-0.3, -0.25) is 4.99 Å². The predicted octanol–water partition coefficient (Wildman–Crippen LogP) is 3.53. The summed E-state index contributed by atoms with van der Waals surface area (Å²) < 4.78 is 13.5. The number of nitrogens with zero attached hydrogens (tertiary/aromatic N) is 2. The highest BCUT2D eigenvalue weighted by molar-refractivity contribution is 5.79. The highest BCUT2D eigenvalue weighted by atomic mass is 19.1. The summed E-state index contributed by atoms with van der Waals surface area (Å²) in [5.74, 6) is 0.717. The van der Waals surface area contributed by atoms with Gasteiger partial charge in [0.2, 0.25) is 0 Å². The van der Waals surface area contributed by atoms with Crippen molar-refractivity contribution in [2.24, 2.45) is 4.99 Å². The zero-order valence-electron chi connectivity index (χ0n) is 16.7. The predicted molar refractivity (Wildman–Crippen MR) is 108 cm³/mol. The van der Waals surface area contributed by atoms with Gasteiger partial charge >= 0.3 is 0 Å². The quantitative estimate of drug-likeness (QED) is 0.359. The van der Waals surface area contributed by atoms with E-state index in [9.17, 15) is 4.39 Å². The van der Waals surface area contributed by atoms with Crippen LogP contribution < -0.4 is 10.6 Å². The van der Waals surface area contributed by atoms with Crippen molar-refractivity contribution in [2.75, 3.05) is 39.3 Å². The smallest absolute Gasteiger partial charge is 0.191 e. The van der Waals surface area contributed by atoms with Gasteiger partial charge in [0.05, 0.1) is 6.54 Å². The van der Waals surface area contributed by atoms with Crippen molar-refractivity contribution in [3.05, 3.63) is 35.6 Å². The number of aliphatic imine (C=N–C) groups is 1. The van der Waals surface area contributed by atoms with Gasteiger partial charge in [-0.2, -0.15) is 0 Å². The first-order chi connectivity index (χ1) is 12.6. The van der Waals surface area contributed by atoms with Gasteiger partial charge in [-0.15, -0.1) is 0 Å². The van der Waals surface area contributed by atoms with Crippen LogP contribution in [0.15, 0.2) is 29.3 Å². The number of halogens is 1. The molecule has 0 radical (unpaired) electrons. The van der Waals surface area contributed by atoms with Crippen LogP contribution >= 0.6 is 0 Å². The Kier molecular flexibility index (Phi) is 8.36. The largest absolute Gasteiger partial charge is 0.357 e. The van der Waals surface area contributed by atoms with Gasteiger partial charge in [-0.25, -0.2) is 4.39 Å². The van der Waals surface area contributed by atoms with Gasteiger partial charge in [0.15, 0.2) is 5.96 Å². The van der Waals surface area contributed by atoms with Crippen molar-refractivity contribution >= 4 is 5.96 Å². The number of hydrogen-bond acceptors (Lipinski definition) is 2. The molecule has 0 heterocycles. The normalized spacial score (nSPS) is 16.0. The highest BCUT2D eigenvalue weighted by Crippen LogP contribution is 2.48. The van der Waals surface area contributed by atoms with Crippen molar-refractivity contribution in [3.8, 4) is 0 Å². The molecule has 2 rings (SSSR count). The van der Waals surface area contributed by atoms with Crippen LogP contribution in [0.5, 0.6) is 0 Å². The van der Waals surface area contributed by atoms with Crippen molar-refractivity contribution in [1.29, 1.82) is 0 Å². The van der Waals surface area contributed by atoms with Crippen LogP contribution in [0.1, 0.15) is 52.0 Å². The van der Waals surface area contributed by atoms with Gasteiger partial charge in [-0.1, -0.05) is 26.0 Å². The monoisotopic (exact) mass is 362 g/mol. The summed E-state index contributed by atoms with van der Waals surface area (Å²) in [5.41, 5.74) is 1.11. The number of benzene rings is 1. The molecule has 0 aromatic heterocycles. The Morgan fingerprint density at radius 1 is 1.15 bits per heavy atom. The molecule has 1 fully saturated rings. The average molecular weight is 363 g/mol. The van der Waals surface area contributed by atoms with Crippen LogP contribution in [0.2, 0.25) is 0 Å². The molecular formula is C21H35FN4. The molecule has 1 aliphatic carbocycles. The lowest BCUT2D eigenvalue weighted by atomic mass is 9.96. The summed E-state index contributed by atoms with van der Waals surface area (Å²) in [6.45, 7) is 12.4. The van der Waals surface area contributed by atoms with E-state index in [-0.39, 0.29) is 11.2 Å². The number of guanidine groups is 1. The molecule has 2 N–H and O–H groups in total. The molecule has 0 amide bonds. The number of rotatable bonds is 11. The SMILES string of the molecule is CCNC(=NCC1(c2cccc(F)c2)CC1)NCCCCN(CC)CC. The first-order valence-electron chi connectivity index (χ1n) is 10.1. The zero-order valence-corrected chi connectivity index (χ0v) is 16.7. The lowest BCUT2D eigenvalue weighted by molar-refractivity contribution is 0.297. The molecule has 4 nitrogen and oxygen atoms in total. The maximum Gasteiger partial charge on any atom is 0.191 e. The summed E-state index contributed by atoms with van der Waals surface area (Å²) in [6, 6.07) is 7.00. The summed E-state index contributed by atoms with van der Waals surface area (Å²) >= 11 is 0. The van der Waals surface area contributed by atoms with Crippen molar-refractivity contribution in [2.45, 2.75) is 51.9 Å². The van der Waals surface area contributed by atoms with Crippen LogP contribution in [-0.4, -0.2) is 50.1 Å². The fraction of sp³-hybridized carbons (Fsp3) is 0.667. The Morgan fingerprint density at radius 2 is 1.92 bits per heavy atom. The Morgan fingerprint density at radius 3 is 2.54 bits per heavy atom. The standard InChI is InChI=1S/C21H35FN4/c1-4-23-20(24-14-7-8-15-26(5-2)6-3)25-17-21(12-13-21)18-10-9-11-19(22)16-18/h9-11,16H,4-8,12-15,17H2,1-3H3,(H2,23,24,25). The van der Waals surface area contributed by atoms with Gasteiger partial charge < -0.3 is 15.5 Å². The molecule has 0 aliphatic heterocycles. The van der Waals surface area contributed by atoms with Gasteiger partial charge in [-0.05, 0) is 69.9 Å². The van der Waals surface area contributed by atoms with Crippen molar-refractivity contribution < 1.29 is 4.39 Å². The van der Waals surface area contributed by atoms with Gasteiger partial charge in [0, 0.05) is 18.5 Å². The van der Waals surface area contributed by atoms with Crippen LogP contribution in [0.25, 0.3) is 0 Å². The Bertz CT molecular complexity index is 565. The Hall–Kier alpha value is -1.62. The third kappa shape index (κ3) is 6.27. The topological polar surface area (TPSA) is 39.7 Å². The number of nitrogens with one attached hydrogen (secondary N) is 2. The third-order valence-corrected chi connectivity index (χ3v) is 5.26. The minimum atomic E-state index is -0.156. The number of hydrogen-bond donors (Lipinski definition) is 2. The molecule has 1 aliphatic rings.